The number of rotatable bonds is 3. The molecule has 168 valence electrons. The van der Waals surface area contributed by atoms with Crippen LogP contribution in [0, 0.1) is 29.1 Å². The summed E-state index contributed by atoms with van der Waals surface area (Å²) >= 11 is 0. The number of carbonyl (C=O) groups excluding carboxylic acids is 2. The fraction of sp³-hybridized carbons (Fsp3) is 0.760. The highest BCUT2D eigenvalue weighted by Crippen LogP contribution is 2.55. The Kier molecular flexibility index (Phi) is 6.93. The summed E-state index contributed by atoms with van der Waals surface area (Å²) in [6.07, 6.45) is 6.21. The van der Waals surface area contributed by atoms with Crippen LogP contribution in [0.25, 0.3) is 0 Å². The van der Waals surface area contributed by atoms with E-state index in [0.29, 0.717) is 12.3 Å². The van der Waals surface area contributed by atoms with Crippen molar-refractivity contribution >= 4 is 11.7 Å². The molecule has 0 aromatic rings. The molecule has 0 aromatic carbocycles. The second-order valence-corrected chi connectivity index (χ2v) is 10.2. The van der Waals surface area contributed by atoms with Gasteiger partial charge in [-0.3, -0.25) is 9.59 Å². The van der Waals surface area contributed by atoms with Crippen molar-refractivity contribution in [1.29, 1.82) is 0 Å². The van der Waals surface area contributed by atoms with Gasteiger partial charge in [0.2, 0.25) is 5.91 Å². The molecule has 1 heterocycles. The molecule has 0 radical (unpaired) electrons. The van der Waals surface area contributed by atoms with Gasteiger partial charge >= 0.3 is 0 Å². The molecule has 1 saturated heterocycles. The normalized spacial score (nSPS) is 41.9. The molecule has 5 nitrogen and oxygen atoms in total. The van der Waals surface area contributed by atoms with Gasteiger partial charge in [0.15, 0.2) is 5.78 Å². The van der Waals surface area contributed by atoms with E-state index in [2.05, 4.69) is 52.1 Å². The van der Waals surface area contributed by atoms with Gasteiger partial charge in [-0.2, -0.15) is 0 Å². The van der Waals surface area contributed by atoms with Crippen LogP contribution in [0.2, 0.25) is 0 Å². The van der Waals surface area contributed by atoms with E-state index < -0.39 is 17.6 Å². The number of aliphatic hydroxyl groups excluding tert-OH is 1. The first-order valence-electron chi connectivity index (χ1n) is 11.5. The van der Waals surface area contributed by atoms with Crippen LogP contribution in [-0.4, -0.2) is 42.2 Å². The largest absolute Gasteiger partial charge is 0.390 e. The number of allylic oxidation sites excluding steroid dienone is 4. The molecule has 1 aliphatic heterocycles. The summed E-state index contributed by atoms with van der Waals surface area (Å²) in [5.74, 6) is -0.0146. The molecule has 30 heavy (non-hydrogen) atoms. The molecule has 3 rings (SSSR count). The molecule has 0 saturated carbocycles. The minimum atomic E-state index is -1.12. The first-order valence-corrected chi connectivity index (χ1v) is 11.5. The van der Waals surface area contributed by atoms with Gasteiger partial charge in [-0.05, 0) is 51.4 Å². The number of hydrogen-bond donors (Lipinski definition) is 2. The lowest BCUT2D eigenvalue weighted by Gasteiger charge is -2.45. The first kappa shape index (κ1) is 23.2. The first-order chi connectivity index (χ1) is 14.1. The average molecular weight is 418 g/mol. The zero-order valence-corrected chi connectivity index (χ0v) is 19.4. The average Bonchev–Trinajstić information content (AvgIpc) is 2.94. The zero-order valence-electron chi connectivity index (χ0n) is 19.4. The number of carbonyl (C=O) groups is 2. The number of hydrogen-bond acceptors (Lipinski definition) is 4. The van der Waals surface area contributed by atoms with Crippen molar-refractivity contribution in [1.82, 2.24) is 5.32 Å². The quantitative estimate of drug-likeness (QED) is 0.541. The van der Waals surface area contributed by atoms with E-state index in [1.54, 1.807) is 7.11 Å². The maximum atomic E-state index is 14.0. The molecule has 5 heteroatoms. The molecule has 7 atom stereocenters. The van der Waals surface area contributed by atoms with E-state index in [1.165, 1.54) is 11.1 Å². The summed E-state index contributed by atoms with van der Waals surface area (Å²) in [5, 5.41) is 13.9. The number of nitrogens with one attached hydrogen (secondary N) is 1. The summed E-state index contributed by atoms with van der Waals surface area (Å²) in [5.41, 5.74) is 1.30. The van der Waals surface area contributed by atoms with Gasteiger partial charge < -0.3 is 15.2 Å². The van der Waals surface area contributed by atoms with Crippen molar-refractivity contribution in [3.63, 3.8) is 0 Å². The molecule has 2 N–H and O–H groups in total. The number of methoxy groups -OCH3 is 1. The molecule has 3 aliphatic rings. The smallest absolute Gasteiger partial charge is 0.235 e. The Balaban J connectivity index is 2.18. The van der Waals surface area contributed by atoms with Crippen molar-refractivity contribution in [2.24, 2.45) is 29.1 Å². The third kappa shape index (κ3) is 3.91. The third-order valence-corrected chi connectivity index (χ3v) is 7.72. The van der Waals surface area contributed by atoms with Gasteiger partial charge in [-0.25, -0.2) is 0 Å². The lowest BCUT2D eigenvalue weighted by atomic mass is 9.54. The van der Waals surface area contributed by atoms with Gasteiger partial charge in [0, 0.05) is 31.4 Å². The van der Waals surface area contributed by atoms with E-state index in [1.807, 2.05) is 0 Å². The molecular formula is C25H39NO4. The second-order valence-electron chi connectivity index (χ2n) is 10.2. The van der Waals surface area contributed by atoms with E-state index in [9.17, 15) is 14.7 Å². The van der Waals surface area contributed by atoms with Crippen LogP contribution in [0.1, 0.15) is 66.7 Å². The summed E-state index contributed by atoms with van der Waals surface area (Å²) in [6, 6.07) is -0.0210. The number of ether oxygens (including phenoxy) is 1. The van der Waals surface area contributed by atoms with Crippen LogP contribution < -0.4 is 5.32 Å². The zero-order chi connectivity index (χ0) is 22.2. The van der Waals surface area contributed by atoms with Crippen molar-refractivity contribution in [3.05, 3.63) is 23.3 Å². The predicted molar refractivity (Wildman–Crippen MR) is 118 cm³/mol. The fourth-order valence-electron chi connectivity index (χ4n) is 6.10. The number of amides is 1. The minimum Gasteiger partial charge on any atom is -0.390 e. The van der Waals surface area contributed by atoms with E-state index in [0.717, 1.165) is 19.3 Å². The summed E-state index contributed by atoms with van der Waals surface area (Å²) in [4.78, 5) is 27.6. The van der Waals surface area contributed by atoms with Crippen LogP contribution >= 0.6 is 0 Å². The van der Waals surface area contributed by atoms with Crippen molar-refractivity contribution < 1.29 is 19.4 Å². The van der Waals surface area contributed by atoms with E-state index in [-0.39, 0.29) is 41.9 Å². The Morgan fingerprint density at radius 1 is 1.27 bits per heavy atom. The second kappa shape index (κ2) is 8.96. The van der Waals surface area contributed by atoms with Crippen LogP contribution in [0.3, 0.4) is 0 Å². The highest BCUT2D eigenvalue weighted by Gasteiger charge is 2.65. The molecular weight excluding hydrogens is 378 g/mol. The summed E-state index contributed by atoms with van der Waals surface area (Å²) < 4.78 is 5.54. The lowest BCUT2D eigenvalue weighted by molar-refractivity contribution is -0.148. The van der Waals surface area contributed by atoms with Gasteiger partial charge in [-0.1, -0.05) is 44.1 Å². The van der Waals surface area contributed by atoms with E-state index >= 15 is 0 Å². The SMILES string of the molecule is COC1CC(=O)C23C(=O)NC(CC(C)C)C2C(C)C(C)=CC3/C=C(\C)CCCC1O. The maximum Gasteiger partial charge on any atom is 0.235 e. The fourth-order valence-corrected chi connectivity index (χ4v) is 6.10. The predicted octanol–water partition coefficient (Wildman–Crippen LogP) is 3.81. The van der Waals surface area contributed by atoms with Gasteiger partial charge in [0.25, 0.3) is 0 Å². The Hall–Kier alpha value is -1.46. The molecule has 1 fully saturated rings. The molecule has 1 amide bonds. The highest BCUT2D eigenvalue weighted by molar-refractivity contribution is 6.09. The topological polar surface area (TPSA) is 75.6 Å². The van der Waals surface area contributed by atoms with Crippen molar-refractivity contribution in [3.8, 4) is 0 Å². The number of Topliss-reactive ketones (excluding diaryl/α,β-unsaturated/α-hetero) is 1. The Morgan fingerprint density at radius 3 is 2.60 bits per heavy atom. The number of aliphatic hydroxyl groups is 1. The van der Waals surface area contributed by atoms with Crippen molar-refractivity contribution in [2.45, 2.75) is 85.0 Å². The number of ketones is 1. The molecule has 1 spiro atoms. The van der Waals surface area contributed by atoms with Crippen LogP contribution in [0.15, 0.2) is 23.3 Å². The van der Waals surface area contributed by atoms with E-state index in [4.69, 9.17) is 4.74 Å². The monoisotopic (exact) mass is 417 g/mol. The van der Waals surface area contributed by atoms with Crippen LogP contribution in [0.4, 0.5) is 0 Å². The Morgan fingerprint density at radius 2 is 1.97 bits per heavy atom. The molecule has 7 unspecified atom stereocenters. The van der Waals surface area contributed by atoms with Crippen LogP contribution in [0.5, 0.6) is 0 Å². The molecule has 0 bridgehead atoms. The minimum absolute atomic E-state index is 0.0210. The molecule has 2 aliphatic carbocycles. The maximum absolute atomic E-state index is 14.0. The Labute approximate surface area is 181 Å². The summed E-state index contributed by atoms with van der Waals surface area (Å²) in [6.45, 7) is 10.7. The molecule has 0 aromatic heterocycles. The summed E-state index contributed by atoms with van der Waals surface area (Å²) in [7, 11) is 1.54. The Bertz CT molecular complexity index is 739. The van der Waals surface area contributed by atoms with Crippen molar-refractivity contribution in [2.75, 3.05) is 7.11 Å². The lowest BCUT2D eigenvalue weighted by Crippen LogP contribution is -2.53. The van der Waals surface area contributed by atoms with Crippen LogP contribution in [-0.2, 0) is 14.3 Å². The standard InChI is InChI=1S/C25H39NO4/c1-14(2)10-19-23-17(5)16(4)12-18-11-15(3)8-7-9-20(27)21(30-6)13-22(28)25(18,23)24(29)26-19/h11-12,14,17-21,23,27H,7-10,13H2,1-6H3,(H,26,29)/b15-11+. The highest BCUT2D eigenvalue weighted by atomic mass is 16.5. The van der Waals surface area contributed by atoms with Gasteiger partial charge in [0.05, 0.1) is 12.2 Å². The van der Waals surface area contributed by atoms with Gasteiger partial charge in [0.1, 0.15) is 5.41 Å². The third-order valence-electron chi connectivity index (χ3n) is 7.72. The van der Waals surface area contributed by atoms with Gasteiger partial charge in [-0.15, -0.1) is 0 Å².